The van der Waals surface area contributed by atoms with Gasteiger partial charge in [0.1, 0.15) is 0 Å². The highest BCUT2D eigenvalue weighted by Gasteiger charge is 2.13. The number of anilines is 1. The lowest BCUT2D eigenvalue weighted by Gasteiger charge is -2.19. The number of carbonyl (C=O) groups is 1. The van der Waals surface area contributed by atoms with Crippen molar-refractivity contribution >= 4 is 11.6 Å². The molecule has 0 spiro atoms. The quantitative estimate of drug-likeness (QED) is 0.832. The van der Waals surface area contributed by atoms with Gasteiger partial charge in [0.2, 0.25) is 5.91 Å². The molecule has 0 aromatic heterocycles. The van der Waals surface area contributed by atoms with Gasteiger partial charge in [0, 0.05) is 24.7 Å². The van der Waals surface area contributed by atoms with Crippen molar-refractivity contribution in [2.24, 2.45) is 0 Å². The minimum atomic E-state index is 0.0595. The molecule has 1 amide bonds. The van der Waals surface area contributed by atoms with E-state index in [-0.39, 0.29) is 11.3 Å². The van der Waals surface area contributed by atoms with Crippen LogP contribution in [0.1, 0.15) is 53.0 Å². The Morgan fingerprint density at radius 2 is 1.80 bits per heavy atom. The monoisotopic (exact) mass is 276 g/mol. The van der Waals surface area contributed by atoms with Crippen molar-refractivity contribution in [1.29, 1.82) is 0 Å². The Morgan fingerprint density at radius 3 is 2.30 bits per heavy atom. The molecule has 1 unspecified atom stereocenters. The molecule has 1 rings (SSSR count). The summed E-state index contributed by atoms with van der Waals surface area (Å²) < 4.78 is 0. The van der Waals surface area contributed by atoms with E-state index in [0.29, 0.717) is 12.5 Å². The van der Waals surface area contributed by atoms with Crippen LogP contribution in [0.25, 0.3) is 0 Å². The third-order valence-electron chi connectivity index (χ3n) is 3.49. The summed E-state index contributed by atoms with van der Waals surface area (Å²) in [5, 5.41) is 6.25. The first-order valence-corrected chi connectivity index (χ1v) is 7.46. The molecule has 3 nitrogen and oxygen atoms in total. The second-order valence-corrected chi connectivity index (χ2v) is 6.39. The van der Waals surface area contributed by atoms with E-state index < -0.39 is 0 Å². The predicted octanol–water partition coefficient (Wildman–Crippen LogP) is 3.70. The maximum absolute atomic E-state index is 11.8. The van der Waals surface area contributed by atoms with Gasteiger partial charge < -0.3 is 10.6 Å². The van der Waals surface area contributed by atoms with Gasteiger partial charge in [0.05, 0.1) is 0 Å². The molecule has 0 aliphatic heterocycles. The van der Waals surface area contributed by atoms with Gasteiger partial charge in [-0.1, -0.05) is 39.8 Å². The van der Waals surface area contributed by atoms with Crippen molar-refractivity contribution < 1.29 is 4.79 Å². The molecule has 2 N–H and O–H groups in total. The van der Waals surface area contributed by atoms with E-state index in [9.17, 15) is 4.79 Å². The molecule has 1 aromatic carbocycles. The molecule has 0 fully saturated rings. The summed E-state index contributed by atoms with van der Waals surface area (Å²) in [6, 6.07) is 8.56. The summed E-state index contributed by atoms with van der Waals surface area (Å²) in [4.78, 5) is 11.8. The smallest absolute Gasteiger partial charge is 0.225 e. The maximum Gasteiger partial charge on any atom is 0.225 e. The van der Waals surface area contributed by atoms with E-state index >= 15 is 0 Å². The Labute approximate surface area is 123 Å². The van der Waals surface area contributed by atoms with Gasteiger partial charge >= 0.3 is 0 Å². The standard InChI is InChI=1S/C17H28N2O/c1-6-13(2)18-12-11-16(20)19-15-9-7-14(8-10-15)17(3,4)5/h7-10,13,18H,6,11-12H2,1-5H3,(H,19,20). The largest absolute Gasteiger partial charge is 0.326 e. The highest BCUT2D eigenvalue weighted by molar-refractivity contribution is 5.90. The maximum atomic E-state index is 11.8. The molecule has 0 bridgehead atoms. The Hall–Kier alpha value is -1.35. The summed E-state index contributed by atoms with van der Waals surface area (Å²) in [6.45, 7) is 11.5. The molecule has 1 atom stereocenters. The van der Waals surface area contributed by atoms with E-state index in [0.717, 1.165) is 18.7 Å². The highest BCUT2D eigenvalue weighted by atomic mass is 16.1. The van der Waals surface area contributed by atoms with Crippen LogP contribution in [0.3, 0.4) is 0 Å². The molecule has 1 aromatic rings. The third-order valence-corrected chi connectivity index (χ3v) is 3.49. The Morgan fingerprint density at radius 1 is 1.20 bits per heavy atom. The summed E-state index contributed by atoms with van der Waals surface area (Å²) in [7, 11) is 0. The number of carbonyl (C=O) groups excluding carboxylic acids is 1. The van der Waals surface area contributed by atoms with Gasteiger partial charge in [-0.15, -0.1) is 0 Å². The van der Waals surface area contributed by atoms with Crippen molar-refractivity contribution in [1.82, 2.24) is 5.32 Å². The lowest BCUT2D eigenvalue weighted by atomic mass is 9.87. The van der Waals surface area contributed by atoms with Gasteiger partial charge in [-0.05, 0) is 36.5 Å². The van der Waals surface area contributed by atoms with Crippen LogP contribution in [0.5, 0.6) is 0 Å². The van der Waals surface area contributed by atoms with Gasteiger partial charge in [0.15, 0.2) is 0 Å². The zero-order chi connectivity index (χ0) is 15.2. The van der Waals surface area contributed by atoms with Gasteiger partial charge in [-0.25, -0.2) is 0 Å². The topological polar surface area (TPSA) is 41.1 Å². The molecule has 0 aliphatic rings. The number of hydrogen-bond acceptors (Lipinski definition) is 2. The summed E-state index contributed by atoms with van der Waals surface area (Å²) >= 11 is 0. The van der Waals surface area contributed by atoms with E-state index in [1.54, 1.807) is 0 Å². The fourth-order valence-electron chi connectivity index (χ4n) is 1.85. The molecule has 0 saturated carbocycles. The summed E-state index contributed by atoms with van der Waals surface area (Å²) in [5.41, 5.74) is 2.28. The van der Waals surface area contributed by atoms with Crippen molar-refractivity contribution in [2.75, 3.05) is 11.9 Å². The van der Waals surface area contributed by atoms with Crippen LogP contribution in [0.2, 0.25) is 0 Å². The minimum absolute atomic E-state index is 0.0595. The average molecular weight is 276 g/mol. The first-order chi connectivity index (χ1) is 9.32. The predicted molar refractivity (Wildman–Crippen MR) is 86.1 cm³/mol. The zero-order valence-corrected chi connectivity index (χ0v) is 13.4. The highest BCUT2D eigenvalue weighted by Crippen LogP contribution is 2.23. The number of benzene rings is 1. The fourth-order valence-corrected chi connectivity index (χ4v) is 1.85. The Balaban J connectivity index is 2.43. The second-order valence-electron chi connectivity index (χ2n) is 6.39. The van der Waals surface area contributed by atoms with E-state index in [2.05, 4.69) is 57.4 Å². The molecular formula is C17H28N2O. The summed E-state index contributed by atoms with van der Waals surface area (Å²) in [6.07, 6.45) is 1.58. The van der Waals surface area contributed by atoms with Crippen molar-refractivity contribution in [3.8, 4) is 0 Å². The lowest BCUT2D eigenvalue weighted by molar-refractivity contribution is -0.116. The molecule has 0 radical (unpaired) electrons. The van der Waals surface area contributed by atoms with Crippen LogP contribution in [0.15, 0.2) is 24.3 Å². The molecule has 3 heteroatoms. The number of rotatable bonds is 6. The SMILES string of the molecule is CCC(C)NCCC(=O)Nc1ccc(C(C)(C)C)cc1. The van der Waals surface area contributed by atoms with Crippen LogP contribution in [0, 0.1) is 0 Å². The van der Waals surface area contributed by atoms with E-state index in [1.165, 1.54) is 5.56 Å². The molecular weight excluding hydrogens is 248 g/mol. The number of amides is 1. The number of nitrogens with one attached hydrogen (secondary N) is 2. The molecule has 0 saturated heterocycles. The van der Waals surface area contributed by atoms with Crippen LogP contribution >= 0.6 is 0 Å². The first kappa shape index (κ1) is 16.7. The van der Waals surface area contributed by atoms with Crippen LogP contribution < -0.4 is 10.6 Å². The van der Waals surface area contributed by atoms with Crippen molar-refractivity contribution in [2.45, 2.75) is 58.9 Å². The Bertz CT molecular complexity index is 418. The Kier molecular flexibility index (Phi) is 6.21. The summed E-state index contributed by atoms with van der Waals surface area (Å²) in [5.74, 6) is 0.0595. The molecule has 112 valence electrons. The van der Waals surface area contributed by atoms with Crippen LogP contribution in [-0.2, 0) is 10.2 Å². The molecule has 0 aliphatic carbocycles. The molecule has 0 heterocycles. The van der Waals surface area contributed by atoms with Gasteiger partial charge in [-0.3, -0.25) is 4.79 Å². The average Bonchev–Trinajstić information content (AvgIpc) is 2.38. The van der Waals surface area contributed by atoms with Crippen LogP contribution in [0.4, 0.5) is 5.69 Å². The van der Waals surface area contributed by atoms with Crippen molar-refractivity contribution in [3.05, 3.63) is 29.8 Å². The first-order valence-electron chi connectivity index (χ1n) is 7.46. The van der Waals surface area contributed by atoms with E-state index in [1.807, 2.05) is 12.1 Å². The van der Waals surface area contributed by atoms with Crippen molar-refractivity contribution in [3.63, 3.8) is 0 Å². The lowest BCUT2D eigenvalue weighted by Crippen LogP contribution is -2.28. The second kappa shape index (κ2) is 7.44. The molecule has 20 heavy (non-hydrogen) atoms. The minimum Gasteiger partial charge on any atom is -0.326 e. The number of hydrogen-bond donors (Lipinski definition) is 2. The third kappa shape index (κ3) is 5.74. The van der Waals surface area contributed by atoms with Gasteiger partial charge in [-0.2, -0.15) is 0 Å². The van der Waals surface area contributed by atoms with E-state index in [4.69, 9.17) is 0 Å². The van der Waals surface area contributed by atoms with Crippen LogP contribution in [-0.4, -0.2) is 18.5 Å². The zero-order valence-electron chi connectivity index (χ0n) is 13.4. The normalized spacial score (nSPS) is 13.1. The fraction of sp³-hybridized carbons (Fsp3) is 0.588. The van der Waals surface area contributed by atoms with Gasteiger partial charge in [0.25, 0.3) is 0 Å².